The molecule has 2 N–H and O–H groups in total. The molecule has 2 heterocycles. The van der Waals surface area contributed by atoms with Crippen molar-refractivity contribution in [2.24, 2.45) is 0 Å². The first-order chi connectivity index (χ1) is 8.77. The Bertz CT molecular complexity index is 397. The quantitative estimate of drug-likeness (QED) is 0.887. The first-order valence-electron chi connectivity index (χ1n) is 6.77. The molecule has 1 aliphatic heterocycles. The van der Waals surface area contributed by atoms with E-state index in [4.69, 9.17) is 10.5 Å². The maximum Gasteiger partial charge on any atom is 0.242 e. The van der Waals surface area contributed by atoms with Crippen molar-refractivity contribution < 1.29 is 4.74 Å². The van der Waals surface area contributed by atoms with Gasteiger partial charge in [-0.1, -0.05) is 6.92 Å². The van der Waals surface area contributed by atoms with E-state index in [1.807, 2.05) is 6.92 Å². The van der Waals surface area contributed by atoms with Gasteiger partial charge in [0.05, 0.1) is 6.61 Å². The van der Waals surface area contributed by atoms with E-state index >= 15 is 0 Å². The van der Waals surface area contributed by atoms with Crippen LogP contribution in [0.1, 0.15) is 39.5 Å². The molecular weight excluding hydrogens is 228 g/mol. The summed E-state index contributed by atoms with van der Waals surface area (Å²) in [7, 11) is 0. The van der Waals surface area contributed by atoms with E-state index in [2.05, 4.69) is 21.8 Å². The van der Waals surface area contributed by atoms with Crippen LogP contribution >= 0.6 is 0 Å². The van der Waals surface area contributed by atoms with Crippen molar-refractivity contribution >= 4 is 11.5 Å². The van der Waals surface area contributed by atoms with Gasteiger partial charge in [0.15, 0.2) is 5.82 Å². The molecule has 1 saturated heterocycles. The molecule has 5 nitrogen and oxygen atoms in total. The van der Waals surface area contributed by atoms with Crippen molar-refractivity contribution in [3.05, 3.63) is 6.33 Å². The fourth-order valence-electron chi connectivity index (χ4n) is 2.56. The zero-order valence-corrected chi connectivity index (χ0v) is 11.2. The molecule has 0 saturated carbocycles. The SMILES string of the molecule is CCOc1ncnc(N2CCCCC2CC)c1N. The minimum atomic E-state index is 0.503. The third-order valence-electron chi connectivity index (χ3n) is 3.48. The topological polar surface area (TPSA) is 64.3 Å². The average molecular weight is 250 g/mol. The molecular formula is C13H22N4O. The van der Waals surface area contributed by atoms with Crippen LogP contribution in [-0.2, 0) is 0 Å². The van der Waals surface area contributed by atoms with Crippen LogP contribution in [0.4, 0.5) is 11.5 Å². The average Bonchev–Trinajstić information content (AvgIpc) is 2.41. The van der Waals surface area contributed by atoms with Gasteiger partial charge < -0.3 is 15.4 Å². The third-order valence-corrected chi connectivity index (χ3v) is 3.48. The lowest BCUT2D eigenvalue weighted by Gasteiger charge is -2.36. The minimum absolute atomic E-state index is 0.503. The summed E-state index contributed by atoms with van der Waals surface area (Å²) in [5.41, 5.74) is 6.69. The highest BCUT2D eigenvalue weighted by atomic mass is 16.5. The smallest absolute Gasteiger partial charge is 0.242 e. The summed E-state index contributed by atoms with van der Waals surface area (Å²) < 4.78 is 5.43. The van der Waals surface area contributed by atoms with Gasteiger partial charge in [0.2, 0.25) is 5.88 Å². The predicted octanol–water partition coefficient (Wildman–Crippen LogP) is 2.23. The molecule has 0 aromatic carbocycles. The first kappa shape index (κ1) is 12.9. The van der Waals surface area contributed by atoms with Crippen LogP contribution in [0.15, 0.2) is 6.33 Å². The summed E-state index contributed by atoms with van der Waals surface area (Å²) in [4.78, 5) is 10.8. The molecule has 5 heteroatoms. The third kappa shape index (κ3) is 2.49. The Morgan fingerprint density at radius 1 is 1.39 bits per heavy atom. The molecule has 1 aliphatic rings. The second-order valence-electron chi connectivity index (χ2n) is 4.60. The normalized spacial score (nSPS) is 19.9. The zero-order chi connectivity index (χ0) is 13.0. The minimum Gasteiger partial charge on any atom is -0.476 e. The maximum absolute atomic E-state index is 6.13. The van der Waals surface area contributed by atoms with E-state index in [-0.39, 0.29) is 0 Å². The second-order valence-corrected chi connectivity index (χ2v) is 4.60. The Kier molecular flexibility index (Phi) is 4.23. The molecule has 0 spiro atoms. The highest BCUT2D eigenvalue weighted by Crippen LogP contribution is 2.32. The van der Waals surface area contributed by atoms with Crippen LogP contribution in [0.25, 0.3) is 0 Å². The standard InChI is InChI=1S/C13H22N4O/c1-3-10-7-5-6-8-17(10)12-11(14)13(18-4-2)16-9-15-12/h9-10H,3-8,14H2,1-2H3. The number of nitrogens with two attached hydrogens (primary N) is 1. The number of piperidine rings is 1. The lowest BCUT2D eigenvalue weighted by atomic mass is 10.00. The lowest BCUT2D eigenvalue weighted by molar-refractivity contribution is 0.328. The molecule has 1 aromatic rings. The number of aromatic nitrogens is 2. The summed E-state index contributed by atoms with van der Waals surface area (Å²) in [6.07, 6.45) is 6.36. The summed E-state index contributed by atoms with van der Waals surface area (Å²) in [6, 6.07) is 0.533. The molecule has 2 rings (SSSR count). The van der Waals surface area contributed by atoms with Gasteiger partial charge in [0.1, 0.15) is 12.0 Å². The summed E-state index contributed by atoms with van der Waals surface area (Å²) in [6.45, 7) is 5.73. The summed E-state index contributed by atoms with van der Waals surface area (Å²) in [5, 5.41) is 0. The maximum atomic E-state index is 6.13. The summed E-state index contributed by atoms with van der Waals surface area (Å²) >= 11 is 0. The van der Waals surface area contributed by atoms with Gasteiger partial charge in [-0.05, 0) is 32.6 Å². The summed E-state index contributed by atoms with van der Waals surface area (Å²) in [5.74, 6) is 1.34. The van der Waals surface area contributed by atoms with E-state index in [9.17, 15) is 0 Å². The molecule has 0 radical (unpaired) electrons. The Balaban J connectivity index is 2.28. The molecule has 18 heavy (non-hydrogen) atoms. The number of nitrogens with zero attached hydrogens (tertiary/aromatic N) is 3. The largest absolute Gasteiger partial charge is 0.476 e. The molecule has 1 atom stereocenters. The Hall–Kier alpha value is -1.52. The molecule has 0 aliphatic carbocycles. The van der Waals surface area contributed by atoms with Gasteiger partial charge in [-0.15, -0.1) is 0 Å². The first-order valence-corrected chi connectivity index (χ1v) is 6.77. The van der Waals surface area contributed by atoms with Crippen LogP contribution in [0.3, 0.4) is 0 Å². The van der Waals surface area contributed by atoms with Gasteiger partial charge in [-0.25, -0.2) is 4.98 Å². The molecule has 100 valence electrons. The number of rotatable bonds is 4. The zero-order valence-electron chi connectivity index (χ0n) is 11.2. The van der Waals surface area contributed by atoms with Crippen molar-refractivity contribution in [3.8, 4) is 5.88 Å². The van der Waals surface area contributed by atoms with Crippen LogP contribution in [0.2, 0.25) is 0 Å². The van der Waals surface area contributed by atoms with Gasteiger partial charge >= 0.3 is 0 Å². The van der Waals surface area contributed by atoms with Crippen molar-refractivity contribution in [2.45, 2.75) is 45.6 Å². The number of anilines is 2. The van der Waals surface area contributed by atoms with Gasteiger partial charge in [-0.2, -0.15) is 4.98 Å². The van der Waals surface area contributed by atoms with Crippen molar-refractivity contribution in [1.29, 1.82) is 0 Å². The van der Waals surface area contributed by atoms with Gasteiger partial charge in [-0.3, -0.25) is 0 Å². The highest BCUT2D eigenvalue weighted by Gasteiger charge is 2.25. The molecule has 1 fully saturated rings. The van der Waals surface area contributed by atoms with Crippen LogP contribution < -0.4 is 15.4 Å². The van der Waals surface area contributed by atoms with Gasteiger partial charge in [0, 0.05) is 12.6 Å². The monoisotopic (exact) mass is 250 g/mol. The van der Waals surface area contributed by atoms with E-state index in [1.54, 1.807) is 0 Å². The van der Waals surface area contributed by atoms with Crippen LogP contribution in [-0.4, -0.2) is 29.2 Å². The number of nitrogen functional groups attached to an aromatic ring is 1. The van der Waals surface area contributed by atoms with E-state index < -0.39 is 0 Å². The molecule has 1 unspecified atom stereocenters. The van der Waals surface area contributed by atoms with E-state index in [1.165, 1.54) is 25.6 Å². The lowest BCUT2D eigenvalue weighted by Crippen LogP contribution is -2.40. The number of hydrogen-bond acceptors (Lipinski definition) is 5. The van der Waals surface area contributed by atoms with E-state index in [0.717, 1.165) is 18.8 Å². The van der Waals surface area contributed by atoms with Crippen LogP contribution in [0.5, 0.6) is 5.88 Å². The fourth-order valence-corrected chi connectivity index (χ4v) is 2.56. The Morgan fingerprint density at radius 2 is 2.22 bits per heavy atom. The number of ether oxygens (including phenoxy) is 1. The van der Waals surface area contributed by atoms with Crippen molar-refractivity contribution in [3.63, 3.8) is 0 Å². The second kappa shape index (κ2) is 5.89. The van der Waals surface area contributed by atoms with E-state index in [0.29, 0.717) is 24.2 Å². The van der Waals surface area contributed by atoms with Crippen LogP contribution in [0, 0.1) is 0 Å². The van der Waals surface area contributed by atoms with Gasteiger partial charge in [0.25, 0.3) is 0 Å². The molecule has 1 aromatic heterocycles. The highest BCUT2D eigenvalue weighted by molar-refractivity contribution is 5.68. The number of hydrogen-bond donors (Lipinski definition) is 1. The van der Waals surface area contributed by atoms with Crippen molar-refractivity contribution in [2.75, 3.05) is 23.8 Å². The molecule has 0 bridgehead atoms. The fraction of sp³-hybridized carbons (Fsp3) is 0.692. The predicted molar refractivity (Wildman–Crippen MR) is 72.9 cm³/mol. The Morgan fingerprint density at radius 3 is 2.94 bits per heavy atom. The molecule has 0 amide bonds. The van der Waals surface area contributed by atoms with Crippen molar-refractivity contribution in [1.82, 2.24) is 9.97 Å². The Labute approximate surface area is 108 Å².